The molecule has 0 atom stereocenters. The van der Waals surface area contributed by atoms with Gasteiger partial charge in [0.05, 0.1) is 17.5 Å². The van der Waals surface area contributed by atoms with Crippen LogP contribution in [-0.4, -0.2) is 35.4 Å². The molecule has 0 saturated carbocycles. The summed E-state index contributed by atoms with van der Waals surface area (Å²) in [5.41, 5.74) is -0.324. The highest BCUT2D eigenvalue weighted by Gasteiger charge is 2.52. The van der Waals surface area contributed by atoms with E-state index >= 15 is 0 Å². The molecule has 2 aromatic rings. The molecule has 1 amide bonds. The van der Waals surface area contributed by atoms with Gasteiger partial charge in [-0.1, -0.05) is 6.07 Å². The Bertz CT molecular complexity index is 1000. The van der Waals surface area contributed by atoms with E-state index in [-0.39, 0.29) is 5.69 Å². The predicted molar refractivity (Wildman–Crippen MR) is 103 cm³/mol. The number of hydrogen-bond donors (Lipinski definition) is 2. The second kappa shape index (κ2) is 8.18. The van der Waals surface area contributed by atoms with Gasteiger partial charge in [0.1, 0.15) is 5.82 Å². The van der Waals surface area contributed by atoms with Crippen LogP contribution in [0.1, 0.15) is 30.4 Å². The summed E-state index contributed by atoms with van der Waals surface area (Å²) in [5.74, 6) is -0.527. The van der Waals surface area contributed by atoms with Crippen molar-refractivity contribution in [3.05, 3.63) is 65.5 Å². The van der Waals surface area contributed by atoms with Gasteiger partial charge in [0.15, 0.2) is 5.60 Å². The SMILES string of the molecule is O=C(Nc1cccc(F)c1)O[N+]1=C(c2ccc(C(F)(F)F)cc2)CC2(CCNCC2)O1. The van der Waals surface area contributed by atoms with Crippen LogP contribution in [0.15, 0.2) is 48.5 Å². The van der Waals surface area contributed by atoms with Crippen molar-refractivity contribution in [2.45, 2.75) is 31.0 Å². The number of nitrogens with zero attached hydrogens (tertiary/aromatic N) is 1. The third kappa shape index (κ3) is 4.79. The first kappa shape index (κ1) is 21.1. The van der Waals surface area contributed by atoms with Gasteiger partial charge in [-0.3, -0.25) is 5.32 Å². The Morgan fingerprint density at radius 3 is 2.48 bits per heavy atom. The molecule has 2 heterocycles. The first-order chi connectivity index (χ1) is 14.7. The summed E-state index contributed by atoms with van der Waals surface area (Å²) < 4.78 is 52.1. The van der Waals surface area contributed by atoms with Crippen LogP contribution in [0.3, 0.4) is 0 Å². The third-order valence-corrected chi connectivity index (χ3v) is 5.28. The molecule has 1 saturated heterocycles. The van der Waals surface area contributed by atoms with Gasteiger partial charge in [-0.05, 0) is 55.6 Å². The number of benzene rings is 2. The van der Waals surface area contributed by atoms with Crippen LogP contribution in [-0.2, 0) is 15.9 Å². The smallest absolute Gasteiger partial charge is 0.316 e. The number of piperidine rings is 1. The molecule has 0 unspecified atom stereocenters. The topological polar surface area (TPSA) is 62.6 Å². The Kier molecular flexibility index (Phi) is 5.57. The minimum atomic E-state index is -4.45. The summed E-state index contributed by atoms with van der Waals surface area (Å²) in [6.07, 6.45) is -3.72. The maximum Gasteiger partial charge on any atom is 0.485 e. The number of hydrogen-bond acceptors (Lipinski definition) is 4. The molecule has 0 bridgehead atoms. The van der Waals surface area contributed by atoms with E-state index in [0.29, 0.717) is 43.6 Å². The second-order valence-electron chi connectivity index (χ2n) is 7.49. The van der Waals surface area contributed by atoms with Crippen LogP contribution in [0.2, 0.25) is 0 Å². The average Bonchev–Trinajstić information content (AvgIpc) is 3.05. The Labute approximate surface area is 175 Å². The van der Waals surface area contributed by atoms with Crippen LogP contribution in [0.4, 0.5) is 28.0 Å². The molecule has 10 heteroatoms. The Hall–Kier alpha value is -3.14. The highest BCUT2D eigenvalue weighted by molar-refractivity contribution is 5.98. The molecule has 2 aliphatic rings. The zero-order valence-electron chi connectivity index (χ0n) is 16.3. The number of carbonyl (C=O) groups is 1. The van der Waals surface area contributed by atoms with Gasteiger partial charge in [-0.25, -0.2) is 14.0 Å². The van der Waals surface area contributed by atoms with Gasteiger partial charge in [0.2, 0.25) is 4.90 Å². The van der Waals surface area contributed by atoms with E-state index in [1.54, 1.807) is 0 Å². The normalized spacial score (nSPS) is 18.1. The number of alkyl halides is 3. The van der Waals surface area contributed by atoms with Crippen LogP contribution >= 0.6 is 0 Å². The maximum absolute atomic E-state index is 13.3. The molecular weight excluding hydrogens is 418 g/mol. The van der Waals surface area contributed by atoms with Gasteiger partial charge in [0, 0.05) is 18.5 Å². The number of halogens is 4. The molecule has 2 aliphatic heterocycles. The van der Waals surface area contributed by atoms with Crippen LogP contribution in [0.25, 0.3) is 0 Å². The van der Waals surface area contributed by atoms with E-state index in [9.17, 15) is 22.4 Å². The van der Waals surface area contributed by atoms with Crippen molar-refractivity contribution in [3.8, 4) is 0 Å². The van der Waals surface area contributed by atoms with Crippen LogP contribution in [0, 0.1) is 5.82 Å². The molecule has 0 radical (unpaired) electrons. The van der Waals surface area contributed by atoms with Crippen molar-refractivity contribution in [2.75, 3.05) is 18.4 Å². The second-order valence-corrected chi connectivity index (χ2v) is 7.49. The minimum Gasteiger partial charge on any atom is -0.316 e. The van der Waals surface area contributed by atoms with Gasteiger partial charge in [-0.2, -0.15) is 13.2 Å². The van der Waals surface area contributed by atoms with Crippen molar-refractivity contribution in [3.63, 3.8) is 0 Å². The molecule has 0 aliphatic carbocycles. The number of carbonyl (C=O) groups excluding carboxylic acids is 1. The first-order valence-corrected chi connectivity index (χ1v) is 9.72. The predicted octanol–water partition coefficient (Wildman–Crippen LogP) is 4.27. The molecule has 1 spiro atoms. The molecule has 6 nitrogen and oxygen atoms in total. The Balaban J connectivity index is 1.59. The van der Waals surface area contributed by atoms with Crippen molar-refractivity contribution >= 4 is 17.5 Å². The van der Waals surface area contributed by atoms with Crippen molar-refractivity contribution < 1.29 is 36.9 Å². The zero-order valence-corrected chi connectivity index (χ0v) is 16.3. The van der Waals surface area contributed by atoms with Crippen LogP contribution in [0.5, 0.6) is 0 Å². The largest absolute Gasteiger partial charge is 0.485 e. The molecule has 0 aromatic heterocycles. The van der Waals surface area contributed by atoms with Gasteiger partial charge in [0.25, 0.3) is 0 Å². The summed E-state index contributed by atoms with van der Waals surface area (Å²) in [5, 5.41) is 5.62. The van der Waals surface area contributed by atoms with Crippen molar-refractivity contribution in [1.82, 2.24) is 5.32 Å². The Morgan fingerprint density at radius 2 is 1.84 bits per heavy atom. The maximum atomic E-state index is 13.3. The minimum absolute atomic E-state index is 0.192. The van der Waals surface area contributed by atoms with E-state index < -0.39 is 29.3 Å². The van der Waals surface area contributed by atoms with E-state index in [0.717, 1.165) is 23.1 Å². The molecule has 1 fully saturated rings. The fourth-order valence-electron chi connectivity index (χ4n) is 3.70. The fraction of sp³-hybridized carbons (Fsp3) is 0.333. The summed E-state index contributed by atoms with van der Waals surface area (Å²) in [7, 11) is 0. The van der Waals surface area contributed by atoms with Crippen LogP contribution < -0.4 is 10.6 Å². The van der Waals surface area contributed by atoms with E-state index in [4.69, 9.17) is 9.68 Å². The lowest BCUT2D eigenvalue weighted by molar-refractivity contribution is -0.953. The molecular formula is C21H20F4N3O3+. The number of amides is 1. The average molecular weight is 438 g/mol. The lowest BCUT2D eigenvalue weighted by Crippen LogP contribution is -2.43. The summed E-state index contributed by atoms with van der Waals surface area (Å²) in [6, 6.07) is 9.87. The van der Waals surface area contributed by atoms with Gasteiger partial charge < -0.3 is 5.32 Å². The lowest BCUT2D eigenvalue weighted by Gasteiger charge is -2.27. The van der Waals surface area contributed by atoms with Crippen molar-refractivity contribution in [1.29, 1.82) is 0 Å². The number of anilines is 1. The fourth-order valence-corrected chi connectivity index (χ4v) is 3.70. The summed E-state index contributed by atoms with van der Waals surface area (Å²) in [4.78, 5) is 24.6. The van der Waals surface area contributed by atoms with Crippen molar-refractivity contribution in [2.24, 2.45) is 0 Å². The number of nitrogens with one attached hydrogen (secondary N) is 2. The summed E-state index contributed by atoms with van der Waals surface area (Å²) in [6.45, 7) is 1.40. The molecule has 2 N–H and O–H groups in total. The Morgan fingerprint density at radius 1 is 1.13 bits per heavy atom. The van der Waals surface area contributed by atoms with E-state index in [1.807, 2.05) is 0 Å². The molecule has 31 heavy (non-hydrogen) atoms. The third-order valence-electron chi connectivity index (χ3n) is 5.28. The van der Waals surface area contributed by atoms with Gasteiger partial charge >= 0.3 is 18.0 Å². The highest BCUT2D eigenvalue weighted by Crippen LogP contribution is 2.35. The molecule has 164 valence electrons. The summed E-state index contributed by atoms with van der Waals surface area (Å²) >= 11 is 0. The molecule has 4 rings (SSSR count). The molecule has 2 aromatic carbocycles. The van der Waals surface area contributed by atoms with Gasteiger partial charge in [-0.15, -0.1) is 4.84 Å². The van der Waals surface area contributed by atoms with E-state index in [2.05, 4.69) is 10.6 Å². The zero-order chi connectivity index (χ0) is 22.1. The number of rotatable bonds is 3. The monoisotopic (exact) mass is 438 g/mol. The first-order valence-electron chi connectivity index (χ1n) is 9.72. The quantitative estimate of drug-likeness (QED) is 0.555. The lowest BCUT2D eigenvalue weighted by atomic mass is 9.86. The van der Waals surface area contributed by atoms with E-state index in [1.165, 1.54) is 30.3 Å². The standard InChI is InChI=1S/C21H19F4N3O3/c22-16-2-1-3-17(12-16)27-19(29)30-28-18(13-20(31-28)8-10-26-11-9-20)14-4-6-15(7-5-14)21(23,24)25/h1-7,12,26H,8-11,13H2/p+1. The highest BCUT2D eigenvalue weighted by atomic mass is 19.4.